The van der Waals surface area contributed by atoms with Gasteiger partial charge < -0.3 is 10.6 Å². The maximum absolute atomic E-state index is 13.5. The first kappa shape index (κ1) is 14.4. The number of nitrogens with one attached hydrogen (secondary N) is 2. The first-order valence-electron chi connectivity index (χ1n) is 7.53. The summed E-state index contributed by atoms with van der Waals surface area (Å²) in [6, 6.07) is 3.41. The van der Waals surface area contributed by atoms with E-state index in [-0.39, 0.29) is 17.2 Å². The molecule has 2 N–H and O–H groups in total. The Balaban J connectivity index is 1.48. The van der Waals surface area contributed by atoms with E-state index in [1.165, 1.54) is 6.07 Å². The number of carbonyl (C=O) groups excluding carboxylic acids is 1. The van der Waals surface area contributed by atoms with Gasteiger partial charge >= 0.3 is 0 Å². The van der Waals surface area contributed by atoms with Crippen LogP contribution < -0.4 is 10.6 Å². The molecule has 1 amide bonds. The van der Waals surface area contributed by atoms with E-state index >= 15 is 0 Å². The number of piperidine rings is 1. The van der Waals surface area contributed by atoms with Crippen LogP contribution >= 0.6 is 0 Å². The van der Waals surface area contributed by atoms with E-state index in [0.717, 1.165) is 44.5 Å². The number of benzene rings is 1. The van der Waals surface area contributed by atoms with Gasteiger partial charge in [-0.05, 0) is 68.0 Å². The quantitative estimate of drug-likeness (QED) is 0.892. The molecule has 5 heteroatoms. The predicted octanol–water partition coefficient (Wildman–Crippen LogP) is 2.01. The van der Waals surface area contributed by atoms with Gasteiger partial charge in [-0.2, -0.15) is 0 Å². The van der Waals surface area contributed by atoms with Gasteiger partial charge in [0.1, 0.15) is 11.6 Å². The molecule has 2 fully saturated rings. The number of amides is 1. The molecule has 1 aliphatic carbocycles. The monoisotopic (exact) mass is 294 g/mol. The minimum absolute atomic E-state index is 0.0636. The Morgan fingerprint density at radius 3 is 2.86 bits per heavy atom. The highest BCUT2D eigenvalue weighted by Gasteiger charge is 2.57. The summed E-state index contributed by atoms with van der Waals surface area (Å²) in [6.07, 6.45) is 3.40. The van der Waals surface area contributed by atoms with E-state index < -0.39 is 11.6 Å². The average molecular weight is 294 g/mol. The third-order valence-electron chi connectivity index (χ3n) is 4.81. The molecule has 3 rings (SSSR count). The van der Waals surface area contributed by atoms with Gasteiger partial charge in [-0.25, -0.2) is 8.78 Å². The summed E-state index contributed by atoms with van der Waals surface area (Å²) in [5, 5.41) is 6.17. The van der Waals surface area contributed by atoms with Crippen LogP contribution in [-0.2, 0) is 11.2 Å². The molecular formula is C16H20F2N2O. The van der Waals surface area contributed by atoms with Gasteiger partial charge in [0.2, 0.25) is 5.91 Å². The van der Waals surface area contributed by atoms with Crippen molar-refractivity contribution in [3.63, 3.8) is 0 Å². The molecule has 2 aliphatic rings. The van der Waals surface area contributed by atoms with E-state index in [4.69, 9.17) is 0 Å². The molecule has 1 aromatic rings. The molecule has 0 bridgehead atoms. The Kier molecular flexibility index (Phi) is 3.93. The van der Waals surface area contributed by atoms with Crippen LogP contribution in [0.5, 0.6) is 0 Å². The van der Waals surface area contributed by atoms with Crippen molar-refractivity contribution in [3.05, 3.63) is 35.4 Å². The van der Waals surface area contributed by atoms with Gasteiger partial charge in [0, 0.05) is 12.5 Å². The predicted molar refractivity (Wildman–Crippen MR) is 75.7 cm³/mol. The van der Waals surface area contributed by atoms with Crippen LogP contribution in [0.1, 0.15) is 24.8 Å². The lowest BCUT2D eigenvalue weighted by Gasteiger charge is -2.23. The first-order chi connectivity index (χ1) is 10.1. The molecule has 1 heterocycles. The van der Waals surface area contributed by atoms with Crippen molar-refractivity contribution in [2.45, 2.75) is 25.7 Å². The number of hydrogen-bond acceptors (Lipinski definition) is 2. The Morgan fingerprint density at radius 1 is 1.33 bits per heavy atom. The minimum atomic E-state index is -0.450. The summed E-state index contributed by atoms with van der Waals surface area (Å²) < 4.78 is 26.5. The number of hydrogen-bond donors (Lipinski definition) is 2. The standard InChI is InChI=1S/C16H20F2N2O/c17-12-1-2-14(18)11(9-12)3-6-20-15(21)13-10-16(13)4-7-19-8-5-16/h1-2,9,13,19H,3-8,10H2,(H,20,21). The lowest BCUT2D eigenvalue weighted by atomic mass is 9.92. The second-order valence-corrected chi connectivity index (χ2v) is 6.15. The van der Waals surface area contributed by atoms with Crippen molar-refractivity contribution in [1.82, 2.24) is 10.6 Å². The van der Waals surface area contributed by atoms with E-state index in [1.54, 1.807) is 0 Å². The largest absolute Gasteiger partial charge is 0.356 e. The summed E-state index contributed by atoms with van der Waals surface area (Å²) in [7, 11) is 0. The highest BCUT2D eigenvalue weighted by Crippen LogP contribution is 2.58. The van der Waals surface area contributed by atoms with Gasteiger partial charge in [0.25, 0.3) is 0 Å². The molecule has 1 spiro atoms. The zero-order valence-corrected chi connectivity index (χ0v) is 11.9. The molecule has 1 aliphatic heterocycles. The third-order valence-corrected chi connectivity index (χ3v) is 4.81. The van der Waals surface area contributed by atoms with Crippen LogP contribution in [0.3, 0.4) is 0 Å². The lowest BCUT2D eigenvalue weighted by molar-refractivity contribution is -0.123. The second-order valence-electron chi connectivity index (χ2n) is 6.15. The molecule has 1 atom stereocenters. The summed E-state index contributed by atoms with van der Waals surface area (Å²) >= 11 is 0. The zero-order chi connectivity index (χ0) is 14.9. The Hall–Kier alpha value is -1.49. The van der Waals surface area contributed by atoms with E-state index in [2.05, 4.69) is 10.6 Å². The lowest BCUT2D eigenvalue weighted by Crippen LogP contribution is -2.34. The zero-order valence-electron chi connectivity index (χ0n) is 11.9. The molecule has 114 valence electrons. The van der Waals surface area contributed by atoms with Gasteiger partial charge in [0.05, 0.1) is 0 Å². The molecule has 1 aromatic carbocycles. The topological polar surface area (TPSA) is 41.1 Å². The third kappa shape index (κ3) is 3.07. The number of carbonyl (C=O) groups is 1. The fraction of sp³-hybridized carbons (Fsp3) is 0.562. The second kappa shape index (κ2) is 5.72. The van der Waals surface area contributed by atoms with Crippen molar-refractivity contribution in [3.8, 4) is 0 Å². The maximum atomic E-state index is 13.5. The van der Waals surface area contributed by atoms with Crippen molar-refractivity contribution >= 4 is 5.91 Å². The van der Waals surface area contributed by atoms with Gasteiger partial charge in [-0.1, -0.05) is 0 Å². The van der Waals surface area contributed by atoms with Crippen LogP contribution in [0.15, 0.2) is 18.2 Å². The van der Waals surface area contributed by atoms with Gasteiger partial charge in [0.15, 0.2) is 0 Å². The number of rotatable bonds is 4. The SMILES string of the molecule is O=C(NCCc1cc(F)ccc1F)C1CC12CCNCC2. The van der Waals surface area contributed by atoms with E-state index in [0.29, 0.717) is 18.5 Å². The Morgan fingerprint density at radius 2 is 2.10 bits per heavy atom. The van der Waals surface area contributed by atoms with Crippen molar-refractivity contribution in [2.24, 2.45) is 11.3 Å². The van der Waals surface area contributed by atoms with Crippen molar-refractivity contribution < 1.29 is 13.6 Å². The van der Waals surface area contributed by atoms with Crippen molar-refractivity contribution in [1.29, 1.82) is 0 Å². The average Bonchev–Trinajstić information content (AvgIpc) is 3.17. The first-order valence-corrected chi connectivity index (χ1v) is 7.53. The normalized spacial score (nSPS) is 23.0. The molecule has 3 nitrogen and oxygen atoms in total. The summed E-state index contributed by atoms with van der Waals surface area (Å²) in [5.74, 6) is -0.703. The fourth-order valence-electron chi connectivity index (χ4n) is 3.37. The minimum Gasteiger partial charge on any atom is -0.356 e. The van der Waals surface area contributed by atoms with E-state index in [1.807, 2.05) is 0 Å². The van der Waals surface area contributed by atoms with Crippen LogP contribution in [0.25, 0.3) is 0 Å². The number of halogens is 2. The molecule has 0 aromatic heterocycles. The highest BCUT2D eigenvalue weighted by atomic mass is 19.1. The van der Waals surface area contributed by atoms with Crippen LogP contribution in [0.2, 0.25) is 0 Å². The molecule has 1 saturated heterocycles. The van der Waals surface area contributed by atoms with E-state index in [9.17, 15) is 13.6 Å². The summed E-state index contributed by atoms with van der Waals surface area (Å²) in [5.41, 5.74) is 0.516. The summed E-state index contributed by atoms with van der Waals surface area (Å²) in [4.78, 5) is 12.1. The Labute approximate surface area is 123 Å². The highest BCUT2D eigenvalue weighted by molar-refractivity contribution is 5.82. The van der Waals surface area contributed by atoms with Crippen molar-refractivity contribution in [2.75, 3.05) is 19.6 Å². The van der Waals surface area contributed by atoms with Crippen LogP contribution in [-0.4, -0.2) is 25.5 Å². The molecule has 21 heavy (non-hydrogen) atoms. The molecular weight excluding hydrogens is 274 g/mol. The molecule has 1 unspecified atom stereocenters. The fourth-order valence-corrected chi connectivity index (χ4v) is 3.37. The van der Waals surface area contributed by atoms with Crippen LogP contribution in [0, 0.1) is 23.0 Å². The maximum Gasteiger partial charge on any atom is 0.223 e. The Bertz CT molecular complexity index is 541. The molecule has 1 saturated carbocycles. The van der Waals surface area contributed by atoms with Gasteiger partial charge in [-0.3, -0.25) is 4.79 Å². The van der Waals surface area contributed by atoms with Crippen LogP contribution in [0.4, 0.5) is 8.78 Å². The van der Waals surface area contributed by atoms with Gasteiger partial charge in [-0.15, -0.1) is 0 Å². The smallest absolute Gasteiger partial charge is 0.223 e. The molecule has 0 radical (unpaired) electrons. The summed E-state index contributed by atoms with van der Waals surface area (Å²) in [6.45, 7) is 2.32.